The number of likely N-dealkylation sites (tertiary alicyclic amines) is 1. The lowest BCUT2D eigenvalue weighted by Gasteiger charge is -2.32. The van der Waals surface area contributed by atoms with Gasteiger partial charge < -0.3 is 15.1 Å². The van der Waals surface area contributed by atoms with Gasteiger partial charge in [0.25, 0.3) is 5.91 Å². The fraction of sp³-hybridized carbons (Fsp3) is 0.533. The van der Waals surface area contributed by atoms with Crippen LogP contribution in [0.3, 0.4) is 0 Å². The third-order valence-electron chi connectivity index (χ3n) is 3.81. The van der Waals surface area contributed by atoms with E-state index in [1.165, 1.54) is 31.0 Å². The Bertz CT molecular complexity index is 451. The first kappa shape index (κ1) is 13.7. The van der Waals surface area contributed by atoms with E-state index in [1.54, 1.807) is 4.90 Å². The van der Waals surface area contributed by atoms with E-state index in [-0.39, 0.29) is 23.0 Å². The van der Waals surface area contributed by atoms with Gasteiger partial charge in [0.05, 0.1) is 5.56 Å². The lowest BCUT2D eigenvalue weighted by molar-refractivity contribution is 0.0683. The van der Waals surface area contributed by atoms with Gasteiger partial charge in [-0.2, -0.15) is 0 Å². The number of hydrogen-bond acceptors (Lipinski definition) is 3. The zero-order chi connectivity index (χ0) is 13.8. The van der Waals surface area contributed by atoms with Crippen molar-refractivity contribution in [2.24, 2.45) is 5.92 Å². The zero-order valence-electron chi connectivity index (χ0n) is 11.3. The second-order valence-electron chi connectivity index (χ2n) is 5.23. The third-order valence-corrected chi connectivity index (χ3v) is 3.81. The molecule has 1 aromatic rings. The highest BCUT2D eigenvalue weighted by Crippen LogP contribution is 2.27. The van der Waals surface area contributed by atoms with Crippen LogP contribution in [-0.2, 0) is 0 Å². The molecule has 0 radical (unpaired) electrons. The van der Waals surface area contributed by atoms with Crippen LogP contribution in [0, 0.1) is 5.92 Å². The Morgan fingerprint density at radius 2 is 2.00 bits per heavy atom. The molecule has 0 unspecified atom stereocenters. The molecule has 1 amide bonds. The second-order valence-corrected chi connectivity index (χ2v) is 5.23. The summed E-state index contributed by atoms with van der Waals surface area (Å²) in [4.78, 5) is 14.1. The van der Waals surface area contributed by atoms with Crippen molar-refractivity contribution in [1.29, 1.82) is 0 Å². The number of hydrogen-bond donors (Lipinski definition) is 2. The largest absolute Gasteiger partial charge is 0.508 e. The van der Waals surface area contributed by atoms with Crippen molar-refractivity contribution < 1.29 is 15.0 Å². The normalized spacial score (nSPS) is 16.6. The van der Waals surface area contributed by atoms with E-state index in [0.717, 1.165) is 31.8 Å². The van der Waals surface area contributed by atoms with E-state index in [2.05, 4.69) is 6.92 Å². The molecule has 0 saturated carbocycles. The standard InChI is InChI=1S/C15H21NO3/c1-2-3-11-6-8-16(9-7-11)15(19)13-5-4-12(17)10-14(13)18/h4-5,10-11,17-18H,2-3,6-9H2,1H3. The van der Waals surface area contributed by atoms with Crippen LogP contribution in [0.4, 0.5) is 0 Å². The van der Waals surface area contributed by atoms with Crippen molar-refractivity contribution in [2.75, 3.05) is 13.1 Å². The molecule has 0 spiro atoms. The molecule has 1 aromatic carbocycles. The van der Waals surface area contributed by atoms with Gasteiger partial charge in [0.2, 0.25) is 0 Å². The van der Waals surface area contributed by atoms with Gasteiger partial charge in [-0.25, -0.2) is 0 Å². The van der Waals surface area contributed by atoms with Crippen LogP contribution in [0.15, 0.2) is 18.2 Å². The van der Waals surface area contributed by atoms with E-state index < -0.39 is 0 Å². The SMILES string of the molecule is CCCC1CCN(C(=O)c2ccc(O)cc2O)CC1. The molecule has 1 saturated heterocycles. The topological polar surface area (TPSA) is 60.8 Å². The number of phenolic OH excluding ortho intramolecular Hbond substituents is 2. The van der Waals surface area contributed by atoms with Gasteiger partial charge >= 0.3 is 0 Å². The Morgan fingerprint density at radius 3 is 2.58 bits per heavy atom. The molecule has 1 aliphatic heterocycles. The van der Waals surface area contributed by atoms with Gasteiger partial charge in [0.1, 0.15) is 11.5 Å². The molecular weight excluding hydrogens is 242 g/mol. The maximum Gasteiger partial charge on any atom is 0.257 e. The molecule has 1 heterocycles. The molecule has 2 rings (SSSR count). The minimum atomic E-state index is -0.152. The first-order valence-electron chi connectivity index (χ1n) is 6.93. The van der Waals surface area contributed by atoms with E-state index in [1.807, 2.05) is 0 Å². The van der Waals surface area contributed by atoms with E-state index >= 15 is 0 Å². The minimum absolute atomic E-state index is 0.0318. The molecule has 2 N–H and O–H groups in total. The van der Waals surface area contributed by atoms with Crippen LogP contribution < -0.4 is 0 Å². The van der Waals surface area contributed by atoms with Crippen LogP contribution in [0.25, 0.3) is 0 Å². The second kappa shape index (κ2) is 5.95. The van der Waals surface area contributed by atoms with Gasteiger partial charge in [0, 0.05) is 19.2 Å². The lowest BCUT2D eigenvalue weighted by atomic mass is 9.92. The number of phenols is 2. The summed E-state index contributed by atoms with van der Waals surface area (Å²) in [6.45, 7) is 3.69. The van der Waals surface area contributed by atoms with Crippen LogP contribution in [0.1, 0.15) is 43.0 Å². The average molecular weight is 263 g/mol. The zero-order valence-corrected chi connectivity index (χ0v) is 11.3. The van der Waals surface area contributed by atoms with Crippen molar-refractivity contribution in [1.82, 2.24) is 4.90 Å². The maximum atomic E-state index is 12.3. The average Bonchev–Trinajstić information content (AvgIpc) is 2.39. The summed E-state index contributed by atoms with van der Waals surface area (Å²) in [6, 6.07) is 4.11. The Hall–Kier alpha value is -1.71. The number of piperidine rings is 1. The van der Waals surface area contributed by atoms with E-state index in [0.29, 0.717) is 0 Å². The summed E-state index contributed by atoms with van der Waals surface area (Å²) in [5.41, 5.74) is 0.270. The Morgan fingerprint density at radius 1 is 1.32 bits per heavy atom. The number of aromatic hydroxyl groups is 2. The van der Waals surface area contributed by atoms with Crippen molar-refractivity contribution >= 4 is 5.91 Å². The summed E-state index contributed by atoms with van der Waals surface area (Å²) in [6.07, 6.45) is 4.50. The molecule has 19 heavy (non-hydrogen) atoms. The molecule has 0 aliphatic carbocycles. The van der Waals surface area contributed by atoms with E-state index in [9.17, 15) is 15.0 Å². The quantitative estimate of drug-likeness (QED) is 0.881. The van der Waals surface area contributed by atoms with Gasteiger partial charge in [-0.1, -0.05) is 19.8 Å². The number of carbonyl (C=O) groups excluding carboxylic acids is 1. The van der Waals surface area contributed by atoms with Crippen molar-refractivity contribution in [3.63, 3.8) is 0 Å². The Labute approximate surface area is 113 Å². The first-order valence-corrected chi connectivity index (χ1v) is 6.93. The van der Waals surface area contributed by atoms with Crippen LogP contribution in [0.2, 0.25) is 0 Å². The molecule has 104 valence electrons. The minimum Gasteiger partial charge on any atom is -0.508 e. The van der Waals surface area contributed by atoms with Crippen LogP contribution >= 0.6 is 0 Å². The fourth-order valence-corrected chi connectivity index (χ4v) is 2.70. The molecule has 0 aromatic heterocycles. The van der Waals surface area contributed by atoms with Gasteiger partial charge in [-0.3, -0.25) is 4.79 Å². The van der Waals surface area contributed by atoms with Crippen LogP contribution in [-0.4, -0.2) is 34.1 Å². The summed E-state index contributed by atoms with van der Waals surface area (Å²) in [5.74, 6) is 0.395. The summed E-state index contributed by atoms with van der Waals surface area (Å²) < 4.78 is 0. The van der Waals surface area contributed by atoms with Crippen molar-refractivity contribution in [3.8, 4) is 11.5 Å². The molecule has 0 bridgehead atoms. The monoisotopic (exact) mass is 263 g/mol. The highest BCUT2D eigenvalue weighted by atomic mass is 16.3. The highest BCUT2D eigenvalue weighted by Gasteiger charge is 2.24. The Balaban J connectivity index is 2.01. The predicted octanol–water partition coefficient (Wildman–Crippen LogP) is 2.75. The number of amides is 1. The molecule has 1 aliphatic rings. The first-order chi connectivity index (χ1) is 9.11. The molecule has 4 nitrogen and oxygen atoms in total. The molecular formula is C15H21NO3. The lowest BCUT2D eigenvalue weighted by Crippen LogP contribution is -2.38. The highest BCUT2D eigenvalue weighted by molar-refractivity contribution is 5.97. The van der Waals surface area contributed by atoms with Gasteiger partial charge in [0.15, 0.2) is 0 Å². The Kier molecular flexibility index (Phi) is 4.30. The number of nitrogens with zero attached hydrogens (tertiary/aromatic N) is 1. The molecule has 0 atom stereocenters. The fourth-order valence-electron chi connectivity index (χ4n) is 2.70. The van der Waals surface area contributed by atoms with Crippen LogP contribution in [0.5, 0.6) is 11.5 Å². The smallest absolute Gasteiger partial charge is 0.257 e. The maximum absolute atomic E-state index is 12.3. The molecule has 1 fully saturated rings. The molecule has 4 heteroatoms. The van der Waals surface area contributed by atoms with Crippen molar-refractivity contribution in [2.45, 2.75) is 32.6 Å². The predicted molar refractivity (Wildman–Crippen MR) is 73.3 cm³/mol. The van der Waals surface area contributed by atoms with Crippen molar-refractivity contribution in [3.05, 3.63) is 23.8 Å². The van der Waals surface area contributed by atoms with E-state index in [4.69, 9.17) is 0 Å². The number of rotatable bonds is 3. The van der Waals surface area contributed by atoms with Gasteiger partial charge in [-0.15, -0.1) is 0 Å². The third kappa shape index (κ3) is 3.19. The summed E-state index contributed by atoms with van der Waals surface area (Å²) in [5, 5.41) is 19.0. The van der Waals surface area contributed by atoms with Gasteiger partial charge in [-0.05, 0) is 30.9 Å². The number of carbonyl (C=O) groups is 1. The summed E-state index contributed by atoms with van der Waals surface area (Å²) >= 11 is 0. The number of benzene rings is 1. The summed E-state index contributed by atoms with van der Waals surface area (Å²) in [7, 11) is 0.